The van der Waals surface area contributed by atoms with Crippen LogP contribution < -0.4 is 0 Å². The highest BCUT2D eigenvalue weighted by Gasteiger charge is 2.17. The summed E-state index contributed by atoms with van der Waals surface area (Å²) in [7, 11) is 0. The minimum Gasteiger partial charge on any atom is -0.228 e. The van der Waals surface area contributed by atoms with E-state index in [-0.39, 0.29) is 0 Å². The molecule has 65 heavy (non-hydrogen) atoms. The fourth-order valence-corrected chi connectivity index (χ4v) is 9.80. The van der Waals surface area contributed by atoms with E-state index in [1.54, 1.807) is 11.8 Å². The van der Waals surface area contributed by atoms with Crippen molar-refractivity contribution in [1.29, 1.82) is 0 Å². The third-order valence-corrected chi connectivity index (χ3v) is 13.2. The molecule has 0 saturated heterocycles. The van der Waals surface area contributed by atoms with E-state index >= 15 is 0 Å². The zero-order chi connectivity index (χ0) is 43.1. The normalized spacial score (nSPS) is 11.4. The maximum Gasteiger partial charge on any atom is 0.160 e. The first-order chi connectivity index (χ1) is 32.2. The lowest BCUT2D eigenvalue weighted by atomic mass is 9.98. The van der Waals surface area contributed by atoms with Crippen molar-refractivity contribution in [2.24, 2.45) is 0 Å². The Kier molecular flexibility index (Phi) is 9.73. The van der Waals surface area contributed by atoms with Crippen LogP contribution in [0.5, 0.6) is 0 Å². The Morgan fingerprint density at radius 2 is 0.508 bits per heavy atom. The first-order valence-corrected chi connectivity index (χ1v) is 22.6. The SMILES string of the molecule is c1ccc2c(-c3cc(-c4cccc5ccccc45)nc(-c4ccc(Sc5ccc(-c6nc(-c7cccc8ccccc78)cc(-c7cccc8ccccc78)n6)cc5)cc4)n3)cccc2c1. The Morgan fingerprint density at radius 1 is 0.246 bits per heavy atom. The van der Waals surface area contributed by atoms with Gasteiger partial charge in [0.15, 0.2) is 11.6 Å². The zero-order valence-corrected chi connectivity index (χ0v) is 36.0. The van der Waals surface area contributed by atoms with Crippen LogP contribution in [0.15, 0.2) is 240 Å². The third-order valence-electron chi connectivity index (χ3n) is 12.2. The number of benzene rings is 10. The molecule has 0 spiro atoms. The molecule has 10 aromatic carbocycles. The van der Waals surface area contributed by atoms with Gasteiger partial charge >= 0.3 is 0 Å². The number of aromatic nitrogens is 4. The number of hydrogen-bond acceptors (Lipinski definition) is 5. The van der Waals surface area contributed by atoms with Crippen LogP contribution in [0.4, 0.5) is 0 Å². The van der Waals surface area contributed by atoms with E-state index in [0.29, 0.717) is 11.6 Å². The molecule has 2 aromatic heterocycles. The van der Waals surface area contributed by atoms with Gasteiger partial charge in [0.05, 0.1) is 22.8 Å². The minimum absolute atomic E-state index is 0.688. The molecule has 0 bridgehead atoms. The van der Waals surface area contributed by atoms with Gasteiger partial charge < -0.3 is 0 Å². The van der Waals surface area contributed by atoms with Gasteiger partial charge in [0.1, 0.15) is 0 Å². The molecule has 304 valence electrons. The van der Waals surface area contributed by atoms with E-state index in [2.05, 4.69) is 231 Å². The second kappa shape index (κ2) is 16.5. The molecule has 12 aromatic rings. The second-order valence-electron chi connectivity index (χ2n) is 16.2. The molecule has 0 radical (unpaired) electrons. The molecule has 0 aliphatic carbocycles. The molecule has 0 saturated carbocycles. The van der Waals surface area contributed by atoms with Crippen LogP contribution in [-0.4, -0.2) is 19.9 Å². The fraction of sp³-hybridized carbons (Fsp3) is 0. The summed E-state index contributed by atoms with van der Waals surface area (Å²) >= 11 is 1.72. The van der Waals surface area contributed by atoms with E-state index in [9.17, 15) is 0 Å². The van der Waals surface area contributed by atoms with Gasteiger partial charge in [-0.15, -0.1) is 0 Å². The maximum atomic E-state index is 5.23. The van der Waals surface area contributed by atoms with Crippen molar-refractivity contribution in [3.05, 3.63) is 231 Å². The lowest BCUT2D eigenvalue weighted by molar-refractivity contribution is 1.18. The summed E-state index contributed by atoms with van der Waals surface area (Å²) in [4.78, 5) is 23.2. The quantitative estimate of drug-likeness (QED) is 0.152. The molecular formula is C60H38N4S. The molecule has 0 fully saturated rings. The topological polar surface area (TPSA) is 51.6 Å². The fourth-order valence-electron chi connectivity index (χ4n) is 8.98. The molecule has 0 aliphatic rings. The maximum absolute atomic E-state index is 5.23. The second-order valence-corrected chi connectivity index (χ2v) is 17.3. The molecule has 4 nitrogen and oxygen atoms in total. The van der Waals surface area contributed by atoms with Gasteiger partial charge in [0.25, 0.3) is 0 Å². The van der Waals surface area contributed by atoms with E-state index in [1.807, 2.05) is 0 Å². The van der Waals surface area contributed by atoms with Crippen LogP contribution in [0.2, 0.25) is 0 Å². The molecule has 2 heterocycles. The smallest absolute Gasteiger partial charge is 0.160 e. The van der Waals surface area contributed by atoms with Gasteiger partial charge in [-0.3, -0.25) is 0 Å². The molecule has 12 rings (SSSR count). The molecule has 0 N–H and O–H groups in total. The van der Waals surface area contributed by atoms with Crippen LogP contribution >= 0.6 is 11.8 Å². The van der Waals surface area contributed by atoms with Crippen LogP contribution in [0.1, 0.15) is 0 Å². The lowest BCUT2D eigenvalue weighted by Crippen LogP contribution is -1.97. The average Bonchev–Trinajstić information content (AvgIpc) is 3.38. The van der Waals surface area contributed by atoms with Crippen LogP contribution in [-0.2, 0) is 0 Å². The van der Waals surface area contributed by atoms with Crippen LogP contribution in [0.3, 0.4) is 0 Å². The molecular weight excluding hydrogens is 809 g/mol. The number of nitrogens with zero attached hydrogens (tertiary/aromatic N) is 4. The van der Waals surface area contributed by atoms with Crippen molar-refractivity contribution in [2.75, 3.05) is 0 Å². The van der Waals surface area contributed by atoms with Gasteiger partial charge in [-0.05, 0) is 79.5 Å². The predicted molar refractivity (Wildman–Crippen MR) is 271 cm³/mol. The Bertz CT molecular complexity index is 3290. The van der Waals surface area contributed by atoms with Gasteiger partial charge in [0, 0.05) is 43.2 Å². The monoisotopic (exact) mass is 846 g/mol. The molecule has 5 heteroatoms. The third kappa shape index (κ3) is 7.38. The molecule has 0 unspecified atom stereocenters. The van der Waals surface area contributed by atoms with Crippen molar-refractivity contribution in [1.82, 2.24) is 19.9 Å². The zero-order valence-electron chi connectivity index (χ0n) is 35.1. The van der Waals surface area contributed by atoms with Crippen molar-refractivity contribution >= 4 is 54.9 Å². The number of hydrogen-bond donors (Lipinski definition) is 0. The first kappa shape index (κ1) is 38.4. The number of fused-ring (bicyclic) bond motifs is 4. The van der Waals surface area contributed by atoms with E-state index in [0.717, 1.165) is 87.5 Å². The predicted octanol–water partition coefficient (Wildman–Crippen LogP) is 16.0. The molecule has 0 aliphatic heterocycles. The average molecular weight is 847 g/mol. The van der Waals surface area contributed by atoms with E-state index in [1.165, 1.54) is 21.5 Å². The van der Waals surface area contributed by atoms with Gasteiger partial charge in [0.2, 0.25) is 0 Å². The standard InChI is InChI=1S/C60H38N4S/c1-5-21-47-39(13-1)17-9-25-51(47)55-37-56(52-26-10-18-40-14-2-6-22-48(40)52)62-59(61-55)43-29-33-45(34-30-43)65-46-35-31-44(32-36-46)60-63-57(53-27-11-19-41-15-3-7-23-49(41)53)38-58(64-60)54-28-12-20-42-16-4-8-24-50(42)54/h1-38H. The van der Waals surface area contributed by atoms with Gasteiger partial charge in [-0.25, -0.2) is 19.9 Å². The van der Waals surface area contributed by atoms with E-state index < -0.39 is 0 Å². The molecule has 0 amide bonds. The van der Waals surface area contributed by atoms with Crippen molar-refractivity contribution < 1.29 is 0 Å². The summed E-state index contributed by atoms with van der Waals surface area (Å²) in [6.45, 7) is 0. The Morgan fingerprint density at radius 3 is 0.800 bits per heavy atom. The highest BCUT2D eigenvalue weighted by molar-refractivity contribution is 7.99. The van der Waals surface area contributed by atoms with Gasteiger partial charge in [-0.1, -0.05) is 206 Å². The number of rotatable bonds is 8. The highest BCUT2D eigenvalue weighted by atomic mass is 32.2. The lowest BCUT2D eigenvalue weighted by Gasteiger charge is -2.13. The summed E-state index contributed by atoms with van der Waals surface area (Å²) in [6, 6.07) is 81.1. The Hall–Kier alpha value is -8.25. The minimum atomic E-state index is 0.688. The summed E-state index contributed by atoms with van der Waals surface area (Å²) in [6.07, 6.45) is 0. The summed E-state index contributed by atoms with van der Waals surface area (Å²) in [5.74, 6) is 1.38. The Labute approximate surface area is 381 Å². The van der Waals surface area contributed by atoms with Crippen molar-refractivity contribution in [2.45, 2.75) is 9.79 Å². The van der Waals surface area contributed by atoms with Gasteiger partial charge in [-0.2, -0.15) is 0 Å². The summed E-state index contributed by atoms with van der Waals surface area (Å²) < 4.78 is 0. The molecule has 0 atom stereocenters. The first-order valence-electron chi connectivity index (χ1n) is 21.8. The largest absolute Gasteiger partial charge is 0.228 e. The van der Waals surface area contributed by atoms with Crippen LogP contribution in [0, 0.1) is 0 Å². The van der Waals surface area contributed by atoms with E-state index in [4.69, 9.17) is 19.9 Å². The van der Waals surface area contributed by atoms with Crippen LogP contribution in [0.25, 0.3) is 111 Å². The Balaban J connectivity index is 0.881. The van der Waals surface area contributed by atoms with Crippen molar-refractivity contribution in [3.63, 3.8) is 0 Å². The summed E-state index contributed by atoms with van der Waals surface area (Å²) in [5.41, 5.74) is 9.82. The van der Waals surface area contributed by atoms with Crippen molar-refractivity contribution in [3.8, 4) is 67.8 Å². The summed E-state index contributed by atoms with van der Waals surface area (Å²) in [5, 5.41) is 9.37. The highest BCUT2D eigenvalue weighted by Crippen LogP contribution is 2.38.